The molecule has 0 spiro atoms. The molecule has 256 valence electrons. The van der Waals surface area contributed by atoms with Crippen LogP contribution in [0.15, 0.2) is 12.7 Å². The van der Waals surface area contributed by atoms with Crippen molar-refractivity contribution in [2.24, 2.45) is 22.7 Å². The molecule has 1 aliphatic carbocycles. The number of hydrogen-bond acceptors (Lipinski definition) is 8. The molecule has 12 nitrogen and oxygen atoms in total. The Bertz CT molecular complexity index is 1270. The van der Waals surface area contributed by atoms with Crippen molar-refractivity contribution in [1.29, 1.82) is 0 Å². The molecule has 0 radical (unpaired) electrons. The Kier molecular flexibility index (Phi) is 11.9. The molecule has 12 heteroatoms. The van der Waals surface area contributed by atoms with Crippen molar-refractivity contribution in [2.75, 3.05) is 13.1 Å². The van der Waals surface area contributed by atoms with E-state index in [1.807, 2.05) is 13.8 Å². The number of fused-ring (bicyclic) bond motifs is 1. The van der Waals surface area contributed by atoms with E-state index >= 15 is 0 Å². The van der Waals surface area contributed by atoms with Crippen molar-refractivity contribution < 1.29 is 38.2 Å². The van der Waals surface area contributed by atoms with Gasteiger partial charge in [-0.15, -0.1) is 13.0 Å². The number of hydrogen-bond donors (Lipinski definition) is 3. The van der Waals surface area contributed by atoms with Crippen LogP contribution in [0.25, 0.3) is 0 Å². The molecule has 5 atom stereocenters. The van der Waals surface area contributed by atoms with Crippen molar-refractivity contribution >= 4 is 35.6 Å². The largest absolute Gasteiger partial charge is 0.446 e. The molecule has 2 aliphatic rings. The van der Waals surface area contributed by atoms with Crippen LogP contribution < -0.4 is 16.0 Å². The van der Waals surface area contributed by atoms with Gasteiger partial charge in [0, 0.05) is 13.1 Å². The number of Topliss-reactive ketones (excluding diaryl/α,β-unsaturated/α-hetero) is 1. The Morgan fingerprint density at radius 1 is 1.02 bits per heavy atom. The summed E-state index contributed by atoms with van der Waals surface area (Å²) in [6.45, 7) is 21.5. The van der Waals surface area contributed by atoms with Gasteiger partial charge in [0.1, 0.15) is 17.7 Å². The highest BCUT2D eigenvalue weighted by molar-refractivity contribution is 6.38. The zero-order valence-corrected chi connectivity index (χ0v) is 29.0. The smallest absolute Gasteiger partial charge is 0.408 e. The van der Waals surface area contributed by atoms with Crippen LogP contribution in [-0.2, 0) is 33.4 Å². The van der Waals surface area contributed by atoms with Crippen molar-refractivity contribution in [3.63, 3.8) is 0 Å². The van der Waals surface area contributed by atoms with E-state index in [9.17, 15) is 28.8 Å². The average molecular weight is 645 g/mol. The number of esters is 1. The van der Waals surface area contributed by atoms with Crippen LogP contribution in [0.4, 0.5) is 4.79 Å². The third kappa shape index (κ3) is 9.81. The first-order chi connectivity index (χ1) is 21.0. The predicted octanol–water partition coefficient (Wildman–Crippen LogP) is 2.89. The van der Waals surface area contributed by atoms with Gasteiger partial charge < -0.3 is 30.3 Å². The number of carbonyl (C=O) groups excluding carboxylic acids is 6. The molecule has 1 saturated carbocycles. The fourth-order valence-corrected chi connectivity index (χ4v) is 5.75. The lowest BCUT2D eigenvalue weighted by molar-refractivity contribution is -0.151. The number of nitrogens with one attached hydrogen (secondary N) is 3. The number of likely N-dealkylation sites (tertiary alicyclic amines) is 1. The second kappa shape index (κ2) is 14.3. The van der Waals surface area contributed by atoms with Crippen LogP contribution in [0.3, 0.4) is 0 Å². The molecule has 1 aliphatic heterocycles. The number of ketones is 1. The predicted molar refractivity (Wildman–Crippen MR) is 172 cm³/mol. The second-order valence-electron chi connectivity index (χ2n) is 15.3. The highest BCUT2D eigenvalue weighted by Gasteiger charge is 2.70. The summed E-state index contributed by atoms with van der Waals surface area (Å²) in [5.74, 6) is -1.32. The molecule has 4 amide bonds. The van der Waals surface area contributed by atoms with Gasteiger partial charge in [0.25, 0.3) is 5.91 Å². The minimum absolute atomic E-state index is 0.0409. The third-order valence-corrected chi connectivity index (χ3v) is 8.38. The monoisotopic (exact) mass is 644 g/mol. The lowest BCUT2D eigenvalue weighted by Gasteiger charge is -2.38. The molecule has 0 aromatic heterocycles. The highest BCUT2D eigenvalue weighted by atomic mass is 16.6. The van der Waals surface area contributed by atoms with E-state index in [1.165, 1.54) is 4.90 Å². The van der Waals surface area contributed by atoms with Gasteiger partial charge in [-0.1, -0.05) is 46.6 Å². The Hall–Kier alpha value is -3.88. The molecule has 0 aromatic rings. The van der Waals surface area contributed by atoms with Gasteiger partial charge >= 0.3 is 12.1 Å². The summed E-state index contributed by atoms with van der Waals surface area (Å²) in [5, 5.41) is 7.83. The van der Waals surface area contributed by atoms with Gasteiger partial charge in [-0.25, -0.2) is 4.79 Å². The summed E-state index contributed by atoms with van der Waals surface area (Å²) in [5.41, 5.74) is -2.84. The first-order valence-electron chi connectivity index (χ1n) is 15.7. The number of alkyl carbamates (subject to hydrolysis) is 1. The van der Waals surface area contributed by atoms with Crippen LogP contribution in [0, 0.1) is 35.0 Å². The van der Waals surface area contributed by atoms with E-state index < -0.39 is 70.3 Å². The Morgan fingerprint density at radius 3 is 2.15 bits per heavy atom. The molecular formula is C34H52N4O8. The summed E-state index contributed by atoms with van der Waals surface area (Å²) in [7, 11) is 0. The molecule has 2 rings (SSSR count). The lowest BCUT2D eigenvalue weighted by Crippen LogP contribution is -2.60. The SMILES string of the molecule is C#CC(C)(C)OC(=O)CCNC(=O)C(=O)C(CCC=C)NC(=O)[C@@H]1[C@@H]2C(CN1C(=O)[C@@H](NC(=O)OC(C)(C)C)C(C)(C)C)C2(C)C. The standard InChI is InChI=1S/C34H52N4O8/c1-13-15-16-21(25(40)28(42)35-18-17-22(39)45-33(9,10)14-2)36-27(41)24-23-20(34(23,11)12)19-38(24)29(43)26(31(3,4)5)37-30(44)46-32(6,7)8/h2,13,20-21,23-24,26H,1,15-19H2,3-12H3,(H,35,42)(H,36,41)(H,37,44)/t20?,21?,23-,24-,26+/m0/s1. The van der Waals surface area contributed by atoms with Crippen LogP contribution in [0.1, 0.15) is 88.5 Å². The molecule has 2 fully saturated rings. The molecule has 3 N–H and O–H groups in total. The summed E-state index contributed by atoms with van der Waals surface area (Å²) in [4.78, 5) is 80.2. The summed E-state index contributed by atoms with van der Waals surface area (Å²) in [6.07, 6.45) is 6.36. The number of piperidine rings is 1. The molecule has 2 unspecified atom stereocenters. The molecule has 46 heavy (non-hydrogen) atoms. The molecule has 1 heterocycles. The summed E-state index contributed by atoms with van der Waals surface area (Å²) < 4.78 is 10.5. The van der Waals surface area contributed by atoms with E-state index in [0.717, 1.165) is 0 Å². The fourth-order valence-electron chi connectivity index (χ4n) is 5.75. The van der Waals surface area contributed by atoms with Crippen molar-refractivity contribution in [3.05, 3.63) is 12.7 Å². The lowest BCUT2D eigenvalue weighted by atomic mass is 9.85. The normalized spacial score (nSPS) is 21.4. The maximum absolute atomic E-state index is 14.0. The summed E-state index contributed by atoms with van der Waals surface area (Å²) in [6, 6.07) is -3.12. The molecule has 0 aromatic carbocycles. The van der Waals surface area contributed by atoms with Gasteiger partial charge in [0.05, 0.1) is 12.5 Å². The minimum Gasteiger partial charge on any atom is -0.446 e. The van der Waals surface area contributed by atoms with Gasteiger partial charge in [0.2, 0.25) is 17.6 Å². The van der Waals surface area contributed by atoms with Gasteiger partial charge in [0.15, 0.2) is 5.60 Å². The van der Waals surface area contributed by atoms with E-state index in [2.05, 4.69) is 28.4 Å². The number of rotatable bonds is 13. The number of ether oxygens (including phenoxy) is 2. The van der Waals surface area contributed by atoms with Crippen LogP contribution >= 0.6 is 0 Å². The molecule has 1 saturated heterocycles. The van der Waals surface area contributed by atoms with E-state index in [0.29, 0.717) is 13.0 Å². The maximum atomic E-state index is 14.0. The van der Waals surface area contributed by atoms with Crippen LogP contribution in [0.2, 0.25) is 0 Å². The average Bonchev–Trinajstić information content (AvgIpc) is 3.23. The first-order valence-corrected chi connectivity index (χ1v) is 15.7. The van der Waals surface area contributed by atoms with Gasteiger partial charge in [-0.3, -0.25) is 24.0 Å². The Morgan fingerprint density at radius 2 is 1.63 bits per heavy atom. The van der Waals surface area contributed by atoms with Crippen LogP contribution in [-0.4, -0.2) is 82.9 Å². The highest BCUT2D eigenvalue weighted by Crippen LogP contribution is 2.65. The third-order valence-electron chi connectivity index (χ3n) is 8.38. The van der Waals surface area contributed by atoms with Crippen molar-refractivity contribution in [3.8, 4) is 12.3 Å². The van der Waals surface area contributed by atoms with E-state index in [-0.39, 0.29) is 36.6 Å². The van der Waals surface area contributed by atoms with Crippen LogP contribution in [0.5, 0.6) is 0 Å². The molecular weight excluding hydrogens is 592 g/mol. The number of amides is 4. The maximum Gasteiger partial charge on any atom is 0.408 e. The fraction of sp³-hybridized carbons (Fsp3) is 0.706. The number of allylic oxidation sites excluding steroid dienone is 1. The van der Waals surface area contributed by atoms with E-state index in [1.54, 1.807) is 61.5 Å². The van der Waals surface area contributed by atoms with E-state index in [4.69, 9.17) is 15.9 Å². The Labute approximate surface area is 273 Å². The number of carbonyl (C=O) groups is 6. The van der Waals surface area contributed by atoms with Gasteiger partial charge in [-0.05, 0) is 70.1 Å². The number of nitrogens with zero attached hydrogens (tertiary/aromatic N) is 1. The second-order valence-corrected chi connectivity index (χ2v) is 15.3. The summed E-state index contributed by atoms with van der Waals surface area (Å²) >= 11 is 0. The minimum atomic E-state index is -1.20. The topological polar surface area (TPSA) is 160 Å². The van der Waals surface area contributed by atoms with Crippen molar-refractivity contribution in [1.82, 2.24) is 20.9 Å². The molecule has 0 bridgehead atoms. The van der Waals surface area contributed by atoms with Crippen molar-refractivity contribution in [2.45, 2.75) is 118 Å². The number of terminal acetylenes is 1. The first kappa shape index (κ1) is 38.3. The quantitative estimate of drug-likeness (QED) is 0.119. The Balaban J connectivity index is 2.22. The zero-order chi connectivity index (χ0) is 35.4. The zero-order valence-electron chi connectivity index (χ0n) is 29.0. The van der Waals surface area contributed by atoms with Gasteiger partial charge in [-0.2, -0.15) is 0 Å².